The number of benzene rings is 2. The molecule has 0 unspecified atom stereocenters. The van der Waals surface area contributed by atoms with Crippen molar-refractivity contribution in [1.29, 1.82) is 0 Å². The second-order valence-electron chi connectivity index (χ2n) is 4.47. The Labute approximate surface area is 149 Å². The lowest BCUT2D eigenvalue weighted by Gasteiger charge is -2.09. The SMILES string of the molecule is NC(CCl)=Nc1ccc(S(=O)(=O)Nc2ccc(Cl)c(Cl)c2)cc1. The fourth-order valence-corrected chi connectivity index (χ4v) is 3.08. The number of aliphatic imine (C=N–C) groups is 1. The van der Waals surface area contributed by atoms with Crippen LogP contribution in [0.3, 0.4) is 0 Å². The van der Waals surface area contributed by atoms with E-state index in [4.69, 9.17) is 40.5 Å². The lowest BCUT2D eigenvalue weighted by Crippen LogP contribution is -2.13. The summed E-state index contributed by atoms with van der Waals surface area (Å²) in [5, 5.41) is 0.599. The maximum Gasteiger partial charge on any atom is 0.261 e. The van der Waals surface area contributed by atoms with Gasteiger partial charge in [-0.1, -0.05) is 23.2 Å². The number of rotatable bonds is 5. The van der Waals surface area contributed by atoms with E-state index in [1.807, 2.05) is 0 Å². The molecule has 23 heavy (non-hydrogen) atoms. The number of amidine groups is 1. The van der Waals surface area contributed by atoms with Gasteiger partial charge in [0.15, 0.2) is 0 Å². The second-order valence-corrected chi connectivity index (χ2v) is 7.23. The van der Waals surface area contributed by atoms with E-state index in [2.05, 4.69) is 9.71 Å². The van der Waals surface area contributed by atoms with Gasteiger partial charge in [-0.05, 0) is 42.5 Å². The first kappa shape index (κ1) is 17.9. The van der Waals surface area contributed by atoms with Crippen LogP contribution >= 0.6 is 34.8 Å². The summed E-state index contributed by atoms with van der Waals surface area (Å²) in [6.07, 6.45) is 0. The number of hydrogen-bond donors (Lipinski definition) is 2. The minimum Gasteiger partial charge on any atom is -0.386 e. The van der Waals surface area contributed by atoms with Gasteiger partial charge in [0.1, 0.15) is 5.84 Å². The van der Waals surface area contributed by atoms with Crippen molar-refractivity contribution in [1.82, 2.24) is 0 Å². The lowest BCUT2D eigenvalue weighted by atomic mass is 10.3. The summed E-state index contributed by atoms with van der Waals surface area (Å²) >= 11 is 17.2. The highest BCUT2D eigenvalue weighted by Crippen LogP contribution is 2.26. The smallest absolute Gasteiger partial charge is 0.261 e. The number of nitrogens with two attached hydrogens (primary N) is 1. The Hall–Kier alpha value is -1.47. The number of sulfonamides is 1. The van der Waals surface area contributed by atoms with Gasteiger partial charge in [-0.15, -0.1) is 11.6 Å². The van der Waals surface area contributed by atoms with Gasteiger partial charge in [-0.25, -0.2) is 13.4 Å². The largest absolute Gasteiger partial charge is 0.386 e. The molecule has 0 atom stereocenters. The molecule has 3 N–H and O–H groups in total. The summed E-state index contributed by atoms with van der Waals surface area (Å²) < 4.78 is 27.1. The van der Waals surface area contributed by atoms with Crippen LogP contribution in [-0.2, 0) is 10.0 Å². The average molecular weight is 393 g/mol. The summed E-state index contributed by atoms with van der Waals surface area (Å²) in [5.41, 5.74) is 6.35. The van der Waals surface area contributed by atoms with Crippen molar-refractivity contribution in [2.75, 3.05) is 10.6 Å². The molecule has 0 amide bonds. The molecule has 0 spiro atoms. The normalized spacial score (nSPS) is 12.2. The van der Waals surface area contributed by atoms with E-state index in [1.54, 1.807) is 0 Å². The molecule has 2 rings (SSSR count). The summed E-state index contributed by atoms with van der Waals surface area (Å²) in [6, 6.07) is 10.4. The first-order valence-electron chi connectivity index (χ1n) is 6.29. The molecule has 0 aromatic heterocycles. The Morgan fingerprint density at radius 3 is 2.30 bits per heavy atom. The Kier molecular flexibility index (Phi) is 5.75. The van der Waals surface area contributed by atoms with Crippen LogP contribution in [0.4, 0.5) is 11.4 Å². The average Bonchev–Trinajstić information content (AvgIpc) is 2.51. The zero-order valence-corrected chi connectivity index (χ0v) is 14.7. The van der Waals surface area contributed by atoms with Crippen molar-refractivity contribution in [2.24, 2.45) is 10.7 Å². The molecule has 5 nitrogen and oxygen atoms in total. The molecule has 0 aliphatic rings. The van der Waals surface area contributed by atoms with Gasteiger partial charge < -0.3 is 5.73 Å². The van der Waals surface area contributed by atoms with Crippen molar-refractivity contribution < 1.29 is 8.42 Å². The molecule has 0 saturated heterocycles. The second kappa shape index (κ2) is 7.40. The maximum atomic E-state index is 12.3. The number of halogens is 3. The predicted octanol–water partition coefficient (Wildman–Crippen LogP) is 4.02. The standard InChI is InChI=1S/C14H12Cl3N3O2S/c15-8-14(18)19-9-1-4-11(5-2-9)23(21,22)20-10-3-6-12(16)13(17)7-10/h1-7,20H,8H2,(H2,18,19). The molecular formula is C14H12Cl3N3O2S. The first-order chi connectivity index (χ1) is 10.8. The van der Waals surface area contributed by atoms with E-state index in [1.165, 1.54) is 42.5 Å². The molecule has 0 heterocycles. The van der Waals surface area contributed by atoms with E-state index >= 15 is 0 Å². The number of nitrogens with zero attached hydrogens (tertiary/aromatic N) is 1. The van der Waals surface area contributed by atoms with Crippen LogP contribution in [0, 0.1) is 0 Å². The molecular weight excluding hydrogens is 381 g/mol. The number of anilines is 1. The third-order valence-corrected chi connectivity index (χ3v) is 5.14. The lowest BCUT2D eigenvalue weighted by molar-refractivity contribution is 0.601. The number of hydrogen-bond acceptors (Lipinski definition) is 3. The van der Waals surface area contributed by atoms with Gasteiger partial charge >= 0.3 is 0 Å². The van der Waals surface area contributed by atoms with E-state index in [-0.39, 0.29) is 21.6 Å². The van der Waals surface area contributed by atoms with Crippen LogP contribution in [0.2, 0.25) is 10.0 Å². The van der Waals surface area contributed by atoms with Crippen LogP contribution in [-0.4, -0.2) is 20.1 Å². The van der Waals surface area contributed by atoms with E-state index < -0.39 is 10.0 Å². The molecule has 0 radical (unpaired) electrons. The third-order valence-electron chi connectivity index (χ3n) is 2.73. The molecule has 9 heteroatoms. The van der Waals surface area contributed by atoms with Crippen molar-refractivity contribution in [3.8, 4) is 0 Å². The zero-order chi connectivity index (χ0) is 17.0. The monoisotopic (exact) mass is 391 g/mol. The summed E-state index contributed by atoms with van der Waals surface area (Å²) in [5.74, 6) is 0.343. The molecule has 2 aromatic rings. The van der Waals surface area contributed by atoms with Gasteiger partial charge in [0.2, 0.25) is 0 Å². The predicted molar refractivity (Wildman–Crippen MR) is 95.7 cm³/mol. The summed E-state index contributed by atoms with van der Waals surface area (Å²) in [4.78, 5) is 4.10. The van der Waals surface area contributed by atoms with Crippen LogP contribution in [0.1, 0.15) is 0 Å². The molecule has 122 valence electrons. The minimum atomic E-state index is -3.75. The molecule has 2 aromatic carbocycles. The van der Waals surface area contributed by atoms with Crippen molar-refractivity contribution in [3.05, 3.63) is 52.5 Å². The fourth-order valence-electron chi connectivity index (χ4n) is 1.67. The third kappa shape index (κ3) is 4.75. The maximum absolute atomic E-state index is 12.3. The molecule has 0 aliphatic carbocycles. The summed E-state index contributed by atoms with van der Waals surface area (Å²) in [6.45, 7) is 0. The molecule has 0 saturated carbocycles. The fraction of sp³-hybridized carbons (Fsp3) is 0.0714. The van der Waals surface area contributed by atoms with Gasteiger partial charge in [-0.2, -0.15) is 0 Å². The van der Waals surface area contributed by atoms with Crippen molar-refractivity contribution in [3.63, 3.8) is 0 Å². The van der Waals surface area contributed by atoms with Crippen LogP contribution in [0.25, 0.3) is 0 Å². The highest BCUT2D eigenvalue weighted by atomic mass is 35.5. The van der Waals surface area contributed by atoms with Crippen molar-refractivity contribution in [2.45, 2.75) is 4.90 Å². The number of alkyl halides is 1. The first-order valence-corrected chi connectivity index (χ1v) is 9.06. The van der Waals surface area contributed by atoms with Crippen molar-refractivity contribution >= 4 is 62.0 Å². The highest BCUT2D eigenvalue weighted by Gasteiger charge is 2.14. The van der Waals surface area contributed by atoms with E-state index in [9.17, 15) is 8.42 Å². The van der Waals surface area contributed by atoms with Crippen LogP contribution < -0.4 is 10.5 Å². The van der Waals surface area contributed by atoms with E-state index in [0.29, 0.717) is 16.4 Å². The minimum absolute atomic E-state index is 0.0759. The molecule has 0 bridgehead atoms. The molecule has 0 aliphatic heterocycles. The topological polar surface area (TPSA) is 84.5 Å². The number of nitrogens with one attached hydrogen (secondary N) is 1. The van der Waals surface area contributed by atoms with Gasteiger partial charge in [0, 0.05) is 0 Å². The van der Waals surface area contributed by atoms with Crippen LogP contribution in [0.15, 0.2) is 52.4 Å². The van der Waals surface area contributed by atoms with Crippen LogP contribution in [0.5, 0.6) is 0 Å². The molecule has 0 fully saturated rings. The van der Waals surface area contributed by atoms with Gasteiger partial charge in [-0.3, -0.25) is 4.72 Å². The Morgan fingerprint density at radius 2 is 1.74 bits per heavy atom. The Morgan fingerprint density at radius 1 is 1.09 bits per heavy atom. The van der Waals surface area contributed by atoms with E-state index in [0.717, 1.165) is 0 Å². The van der Waals surface area contributed by atoms with Gasteiger partial charge in [0.05, 0.1) is 32.2 Å². The Bertz CT molecular complexity index is 837. The summed E-state index contributed by atoms with van der Waals surface area (Å²) in [7, 11) is -3.75. The quantitative estimate of drug-likeness (QED) is 0.458. The Balaban J connectivity index is 2.24. The highest BCUT2D eigenvalue weighted by molar-refractivity contribution is 7.92. The van der Waals surface area contributed by atoms with Gasteiger partial charge in [0.25, 0.3) is 10.0 Å². The zero-order valence-electron chi connectivity index (χ0n) is 11.6.